The molecule has 6 nitrogen and oxygen atoms in total. The molecule has 2 heterocycles. The summed E-state index contributed by atoms with van der Waals surface area (Å²) in [5.41, 5.74) is 0.491. The highest BCUT2D eigenvalue weighted by Crippen LogP contribution is 2.31. The average molecular weight is 562 g/mol. The molecule has 204 valence electrons. The molecule has 0 spiro atoms. The van der Waals surface area contributed by atoms with Gasteiger partial charge in [-0.05, 0) is 68.6 Å². The van der Waals surface area contributed by atoms with Gasteiger partial charge in [0.15, 0.2) is 5.76 Å². The van der Waals surface area contributed by atoms with E-state index in [2.05, 4.69) is 15.5 Å². The molecule has 2 aromatic carbocycles. The van der Waals surface area contributed by atoms with Gasteiger partial charge in [0, 0.05) is 42.8 Å². The Kier molecular flexibility index (Phi) is 11.4. The molecule has 0 saturated carbocycles. The summed E-state index contributed by atoms with van der Waals surface area (Å²) in [6, 6.07) is 12.7. The molecule has 0 bridgehead atoms. The van der Waals surface area contributed by atoms with E-state index < -0.39 is 11.7 Å². The van der Waals surface area contributed by atoms with Gasteiger partial charge >= 0.3 is 6.18 Å². The lowest BCUT2D eigenvalue weighted by Gasteiger charge is -2.33. The van der Waals surface area contributed by atoms with Crippen molar-refractivity contribution in [1.29, 1.82) is 0 Å². The standard InChI is InChI=1S/C26H30F3N3O3.2ClH/c1-34-22-8-7-18-15-24(35-23(18)17-22)25(33)30-11-2-3-12-32-13-9-20(10-14-32)31-21-6-4-5-19(16-21)26(27,28)29;;/h4-8,15-17,20,31H,2-3,9-14H2,1H3,(H,30,33);2*1H. The summed E-state index contributed by atoms with van der Waals surface area (Å²) in [5.74, 6) is 0.722. The predicted octanol–water partition coefficient (Wildman–Crippen LogP) is 6.39. The fourth-order valence-electron chi connectivity index (χ4n) is 4.32. The SMILES string of the molecule is COc1ccc2cc(C(=O)NCCCCN3CCC(Nc4cccc(C(F)(F)F)c4)CC3)oc2c1.Cl.Cl. The van der Waals surface area contributed by atoms with E-state index in [4.69, 9.17) is 9.15 Å². The second kappa shape index (κ2) is 13.8. The number of nitrogens with one attached hydrogen (secondary N) is 2. The number of alkyl halides is 3. The maximum atomic E-state index is 12.9. The van der Waals surface area contributed by atoms with Crippen LogP contribution < -0.4 is 15.4 Å². The number of unbranched alkanes of at least 4 members (excludes halogenated alkanes) is 1. The molecule has 1 fully saturated rings. The molecule has 1 aromatic heterocycles. The van der Waals surface area contributed by atoms with Gasteiger partial charge in [0.2, 0.25) is 0 Å². The van der Waals surface area contributed by atoms with Gasteiger partial charge in [0.1, 0.15) is 11.3 Å². The van der Waals surface area contributed by atoms with Crippen molar-refractivity contribution in [2.45, 2.75) is 37.9 Å². The third-order valence-corrected chi connectivity index (χ3v) is 6.29. The number of nitrogens with zero attached hydrogens (tertiary/aromatic N) is 1. The Morgan fingerprint density at radius 2 is 1.84 bits per heavy atom. The van der Waals surface area contributed by atoms with E-state index in [0.717, 1.165) is 56.8 Å². The number of methoxy groups -OCH3 is 1. The van der Waals surface area contributed by atoms with E-state index in [1.54, 1.807) is 25.3 Å². The first kappa shape index (κ1) is 30.6. The summed E-state index contributed by atoms with van der Waals surface area (Å²) in [6.07, 6.45) is -0.778. The molecule has 3 aromatic rings. The van der Waals surface area contributed by atoms with Crippen LogP contribution in [0.15, 0.2) is 52.9 Å². The summed E-state index contributed by atoms with van der Waals surface area (Å²) in [6.45, 7) is 3.28. The molecule has 4 rings (SSSR count). The van der Waals surface area contributed by atoms with Crippen LogP contribution in [0.25, 0.3) is 11.0 Å². The zero-order valence-corrected chi connectivity index (χ0v) is 22.1. The lowest BCUT2D eigenvalue weighted by Crippen LogP contribution is -2.39. The van der Waals surface area contributed by atoms with E-state index >= 15 is 0 Å². The van der Waals surface area contributed by atoms with E-state index in [1.807, 2.05) is 12.1 Å². The van der Waals surface area contributed by atoms with Gasteiger partial charge in [0.05, 0.1) is 12.7 Å². The number of likely N-dealkylation sites (tertiary alicyclic amines) is 1. The normalized spacial score (nSPS) is 14.5. The molecule has 0 radical (unpaired) electrons. The van der Waals surface area contributed by atoms with Crippen molar-refractivity contribution in [3.05, 3.63) is 59.9 Å². The van der Waals surface area contributed by atoms with Crippen molar-refractivity contribution >= 4 is 47.4 Å². The van der Waals surface area contributed by atoms with Gasteiger partial charge in [-0.2, -0.15) is 13.2 Å². The van der Waals surface area contributed by atoms with Gasteiger partial charge in [-0.15, -0.1) is 24.8 Å². The largest absolute Gasteiger partial charge is 0.497 e. The highest BCUT2D eigenvalue weighted by atomic mass is 35.5. The lowest BCUT2D eigenvalue weighted by atomic mass is 10.0. The molecule has 1 saturated heterocycles. The Morgan fingerprint density at radius 1 is 1.08 bits per heavy atom. The molecular weight excluding hydrogens is 530 g/mol. The van der Waals surface area contributed by atoms with Crippen molar-refractivity contribution in [2.24, 2.45) is 0 Å². The Balaban J connectivity index is 0.00000241. The van der Waals surface area contributed by atoms with E-state index in [9.17, 15) is 18.0 Å². The fourth-order valence-corrected chi connectivity index (χ4v) is 4.32. The molecule has 2 N–H and O–H groups in total. The number of ether oxygens (including phenoxy) is 1. The molecule has 1 amide bonds. The first-order valence-corrected chi connectivity index (χ1v) is 11.8. The van der Waals surface area contributed by atoms with E-state index in [1.165, 1.54) is 12.1 Å². The van der Waals surface area contributed by atoms with Crippen LogP contribution >= 0.6 is 24.8 Å². The zero-order chi connectivity index (χ0) is 24.8. The number of halogens is 5. The van der Waals surface area contributed by atoms with E-state index in [-0.39, 0.29) is 42.5 Å². The number of furan rings is 1. The van der Waals surface area contributed by atoms with Gasteiger partial charge in [-0.3, -0.25) is 4.79 Å². The predicted molar refractivity (Wildman–Crippen MR) is 143 cm³/mol. The highest BCUT2D eigenvalue weighted by molar-refractivity contribution is 5.96. The molecule has 1 aliphatic heterocycles. The third kappa shape index (κ3) is 8.45. The van der Waals surface area contributed by atoms with E-state index in [0.29, 0.717) is 23.6 Å². The van der Waals surface area contributed by atoms with Crippen LogP contribution in [0.4, 0.5) is 18.9 Å². The quantitative estimate of drug-likeness (QED) is 0.296. The molecule has 0 unspecified atom stereocenters. The number of fused-ring (bicyclic) bond motifs is 1. The first-order valence-electron chi connectivity index (χ1n) is 11.8. The minimum Gasteiger partial charge on any atom is -0.497 e. The van der Waals surface area contributed by atoms with Gasteiger partial charge in [0.25, 0.3) is 5.91 Å². The molecular formula is C26H32Cl2F3N3O3. The number of amides is 1. The maximum Gasteiger partial charge on any atom is 0.416 e. The number of carbonyl (C=O) groups excluding carboxylic acids is 1. The maximum absolute atomic E-state index is 12.9. The summed E-state index contributed by atoms with van der Waals surface area (Å²) >= 11 is 0. The van der Waals surface area contributed by atoms with Crippen LogP contribution in [0, 0.1) is 0 Å². The van der Waals surface area contributed by atoms with Crippen LogP contribution in [-0.2, 0) is 6.18 Å². The third-order valence-electron chi connectivity index (χ3n) is 6.29. The van der Waals surface area contributed by atoms with Crippen molar-refractivity contribution in [1.82, 2.24) is 10.2 Å². The minimum absolute atomic E-state index is 0. The second-order valence-corrected chi connectivity index (χ2v) is 8.82. The number of benzene rings is 2. The molecule has 1 aliphatic rings. The fraction of sp³-hybridized carbons (Fsp3) is 0.423. The Bertz CT molecular complexity index is 1150. The zero-order valence-electron chi connectivity index (χ0n) is 20.5. The number of rotatable bonds is 9. The van der Waals surface area contributed by atoms with Gasteiger partial charge < -0.3 is 24.7 Å². The van der Waals surface area contributed by atoms with Crippen LogP contribution in [0.3, 0.4) is 0 Å². The van der Waals surface area contributed by atoms with Crippen LogP contribution in [-0.4, -0.2) is 50.1 Å². The molecule has 11 heteroatoms. The Labute approximate surface area is 226 Å². The molecule has 0 atom stereocenters. The second-order valence-electron chi connectivity index (χ2n) is 8.82. The topological polar surface area (TPSA) is 66.7 Å². The van der Waals surface area contributed by atoms with Crippen molar-refractivity contribution in [3.63, 3.8) is 0 Å². The molecule has 37 heavy (non-hydrogen) atoms. The summed E-state index contributed by atoms with van der Waals surface area (Å²) in [4.78, 5) is 14.7. The van der Waals surface area contributed by atoms with Crippen molar-refractivity contribution < 1.29 is 27.1 Å². The van der Waals surface area contributed by atoms with Gasteiger partial charge in [-0.1, -0.05) is 6.07 Å². The number of piperidine rings is 1. The monoisotopic (exact) mass is 561 g/mol. The number of hydrogen-bond donors (Lipinski definition) is 2. The Morgan fingerprint density at radius 3 is 2.54 bits per heavy atom. The highest BCUT2D eigenvalue weighted by Gasteiger charge is 2.30. The van der Waals surface area contributed by atoms with Gasteiger partial charge in [-0.25, -0.2) is 0 Å². The summed E-state index contributed by atoms with van der Waals surface area (Å²) in [5, 5.41) is 7.00. The lowest BCUT2D eigenvalue weighted by molar-refractivity contribution is -0.137. The Hall–Kier alpha value is -2.62. The van der Waals surface area contributed by atoms with Crippen LogP contribution in [0.5, 0.6) is 5.75 Å². The summed E-state index contributed by atoms with van der Waals surface area (Å²) < 4.78 is 49.5. The average Bonchev–Trinajstić information content (AvgIpc) is 3.28. The van der Waals surface area contributed by atoms with Crippen molar-refractivity contribution in [2.75, 3.05) is 38.6 Å². The van der Waals surface area contributed by atoms with Crippen LogP contribution in [0.2, 0.25) is 0 Å². The first-order chi connectivity index (χ1) is 16.8. The number of anilines is 1. The molecule has 0 aliphatic carbocycles. The van der Waals surface area contributed by atoms with Crippen LogP contribution in [0.1, 0.15) is 41.8 Å². The van der Waals surface area contributed by atoms with Crippen molar-refractivity contribution in [3.8, 4) is 5.75 Å². The number of hydrogen-bond acceptors (Lipinski definition) is 5. The smallest absolute Gasteiger partial charge is 0.416 e. The summed E-state index contributed by atoms with van der Waals surface area (Å²) in [7, 11) is 1.58. The minimum atomic E-state index is -4.33. The number of carbonyl (C=O) groups is 1.